The summed E-state index contributed by atoms with van der Waals surface area (Å²) in [4.78, 5) is 46.8. The van der Waals surface area contributed by atoms with Crippen molar-refractivity contribution >= 4 is 34.9 Å². The van der Waals surface area contributed by atoms with E-state index in [1.54, 1.807) is 13.2 Å². The van der Waals surface area contributed by atoms with Crippen molar-refractivity contribution in [1.82, 2.24) is 15.2 Å². The van der Waals surface area contributed by atoms with E-state index in [1.165, 1.54) is 12.0 Å². The van der Waals surface area contributed by atoms with Crippen molar-refractivity contribution in [3.63, 3.8) is 0 Å². The van der Waals surface area contributed by atoms with Crippen LogP contribution in [0.2, 0.25) is 0 Å². The summed E-state index contributed by atoms with van der Waals surface area (Å²) in [6.45, 7) is 2.46. The van der Waals surface area contributed by atoms with Crippen LogP contribution in [0.4, 0.5) is 4.79 Å². The zero-order valence-electron chi connectivity index (χ0n) is 26.3. The van der Waals surface area contributed by atoms with Gasteiger partial charge in [-0.2, -0.15) is 0 Å². The second-order valence-electron chi connectivity index (χ2n) is 12.4. The molecule has 1 aromatic carbocycles. The van der Waals surface area contributed by atoms with Crippen LogP contribution in [0.1, 0.15) is 70.3 Å². The third kappa shape index (κ3) is 6.53. The predicted molar refractivity (Wildman–Crippen MR) is 166 cm³/mol. The molecule has 242 valence electrons. The van der Waals surface area contributed by atoms with Gasteiger partial charge in [-0.25, -0.2) is 14.6 Å². The lowest BCUT2D eigenvalue weighted by molar-refractivity contribution is -0.152. The van der Waals surface area contributed by atoms with Crippen molar-refractivity contribution in [3.8, 4) is 17.4 Å². The first-order valence-electron chi connectivity index (χ1n) is 16.2. The van der Waals surface area contributed by atoms with Crippen LogP contribution in [-0.4, -0.2) is 79.5 Å². The molecule has 6 rings (SSSR count). The van der Waals surface area contributed by atoms with Crippen LogP contribution < -0.4 is 19.5 Å². The highest BCUT2D eigenvalue weighted by molar-refractivity contribution is 5.91. The first kappa shape index (κ1) is 31.0. The van der Waals surface area contributed by atoms with E-state index in [4.69, 9.17) is 28.7 Å². The first-order chi connectivity index (χ1) is 21.9. The third-order valence-electron chi connectivity index (χ3n) is 9.70. The van der Waals surface area contributed by atoms with Crippen molar-refractivity contribution < 1.29 is 38.1 Å². The van der Waals surface area contributed by atoms with Gasteiger partial charge in [-0.3, -0.25) is 4.79 Å². The van der Waals surface area contributed by atoms with E-state index in [2.05, 4.69) is 11.4 Å². The molecule has 2 aliphatic heterocycles. The maximum absolute atomic E-state index is 14.3. The SMILES string of the molecule is CCOc1cc2c3cc(c(OC)cc3n1)C=CC[C@@H]1CCC[C@H]1OC(=O)N[C@@H](C1CCCC1)C(=O)N1C[C@@H](C[C@H]1C(=O)OC)O2. The Morgan fingerprint density at radius 1 is 1.04 bits per heavy atom. The Kier molecular flexibility index (Phi) is 9.32. The predicted octanol–water partition coefficient (Wildman–Crippen LogP) is 5.03. The Morgan fingerprint density at radius 2 is 1.84 bits per heavy atom. The Balaban J connectivity index is 1.43. The number of amides is 2. The van der Waals surface area contributed by atoms with E-state index in [1.807, 2.05) is 25.1 Å². The summed E-state index contributed by atoms with van der Waals surface area (Å²) in [5.41, 5.74) is 1.49. The molecule has 2 saturated carbocycles. The summed E-state index contributed by atoms with van der Waals surface area (Å²) < 4.78 is 29.2. The molecule has 3 fully saturated rings. The highest BCUT2D eigenvalue weighted by Gasteiger charge is 2.46. The molecular weight excluding hydrogens is 578 g/mol. The molecule has 0 spiro atoms. The number of pyridine rings is 1. The Morgan fingerprint density at radius 3 is 2.60 bits per heavy atom. The van der Waals surface area contributed by atoms with Crippen molar-refractivity contribution in [2.75, 3.05) is 27.4 Å². The number of methoxy groups -OCH3 is 2. The number of carbonyl (C=O) groups is 3. The van der Waals surface area contributed by atoms with Gasteiger partial charge in [-0.15, -0.1) is 0 Å². The third-order valence-corrected chi connectivity index (χ3v) is 9.70. The van der Waals surface area contributed by atoms with Gasteiger partial charge in [0.25, 0.3) is 0 Å². The van der Waals surface area contributed by atoms with Crippen LogP contribution in [0.5, 0.6) is 17.4 Å². The van der Waals surface area contributed by atoms with E-state index in [0.29, 0.717) is 29.5 Å². The summed E-state index contributed by atoms with van der Waals surface area (Å²) in [5.74, 6) is 0.884. The number of esters is 1. The number of rotatable bonds is 5. The molecule has 4 bridgehead atoms. The van der Waals surface area contributed by atoms with Crippen LogP contribution in [0.25, 0.3) is 17.0 Å². The fourth-order valence-electron chi connectivity index (χ4n) is 7.45. The topological polar surface area (TPSA) is 126 Å². The minimum Gasteiger partial charge on any atom is -0.496 e. The van der Waals surface area contributed by atoms with E-state index in [9.17, 15) is 14.4 Å². The minimum absolute atomic E-state index is 0.0393. The van der Waals surface area contributed by atoms with Gasteiger partial charge in [0.1, 0.15) is 35.8 Å². The van der Waals surface area contributed by atoms with Crippen LogP contribution in [0.15, 0.2) is 24.3 Å². The fourth-order valence-corrected chi connectivity index (χ4v) is 7.45. The zero-order chi connectivity index (χ0) is 31.5. The van der Waals surface area contributed by atoms with E-state index in [0.717, 1.165) is 62.3 Å². The standard InChI is InChI=1S/C34H43N3O8/c1-4-43-30-18-29-24-15-22(28(41-2)17-25(24)35-30)13-7-11-20-12-8-14-27(20)45-34(40)36-31(21-9-5-6-10-21)32(38)37-19-23(44-29)16-26(37)33(39)42-3/h7,13,15,17-18,20-21,23,26-27,31H,4-6,8-12,14,16,19H2,1-3H3,(H,36,40)/t20-,23-,26+,27-,31+/m1/s1. The van der Waals surface area contributed by atoms with Crippen LogP contribution >= 0.6 is 0 Å². The maximum atomic E-state index is 14.3. The molecule has 2 aromatic rings. The van der Waals surface area contributed by atoms with Gasteiger partial charge in [0.05, 0.1) is 32.9 Å². The van der Waals surface area contributed by atoms with E-state index in [-0.39, 0.29) is 36.8 Å². The molecule has 11 nitrogen and oxygen atoms in total. The van der Waals surface area contributed by atoms with E-state index < -0.39 is 30.3 Å². The van der Waals surface area contributed by atoms with Crippen LogP contribution in [0, 0.1) is 11.8 Å². The summed E-state index contributed by atoms with van der Waals surface area (Å²) >= 11 is 0. The van der Waals surface area contributed by atoms with Gasteiger partial charge in [0.15, 0.2) is 0 Å². The average molecular weight is 622 g/mol. The lowest BCUT2D eigenvalue weighted by Gasteiger charge is -2.31. The number of allylic oxidation sites excluding steroid dienone is 1. The average Bonchev–Trinajstić information content (AvgIpc) is 3.81. The number of hydrogen-bond acceptors (Lipinski definition) is 9. The Labute approximate surface area is 263 Å². The lowest BCUT2D eigenvalue weighted by atomic mass is 9.96. The number of carbonyl (C=O) groups excluding carboxylic acids is 3. The first-order valence-corrected chi connectivity index (χ1v) is 16.2. The lowest BCUT2D eigenvalue weighted by Crippen LogP contribution is -2.55. The van der Waals surface area contributed by atoms with Crippen molar-refractivity contribution in [2.24, 2.45) is 11.8 Å². The van der Waals surface area contributed by atoms with Gasteiger partial charge >= 0.3 is 12.1 Å². The quantitative estimate of drug-likeness (QED) is 0.458. The molecule has 1 saturated heterocycles. The van der Waals surface area contributed by atoms with Crippen molar-refractivity contribution in [3.05, 3.63) is 29.8 Å². The fraction of sp³-hybridized carbons (Fsp3) is 0.588. The summed E-state index contributed by atoms with van der Waals surface area (Å²) in [6, 6.07) is 3.94. The Hall–Kier alpha value is -4.02. The van der Waals surface area contributed by atoms with Crippen LogP contribution in [0.3, 0.4) is 0 Å². The van der Waals surface area contributed by atoms with Gasteiger partial charge in [0, 0.05) is 29.5 Å². The zero-order valence-corrected chi connectivity index (χ0v) is 26.3. The van der Waals surface area contributed by atoms with Gasteiger partial charge in [-0.05, 0) is 63.4 Å². The number of ether oxygens (including phenoxy) is 5. The smallest absolute Gasteiger partial charge is 0.408 e. The van der Waals surface area contributed by atoms with Crippen molar-refractivity contribution in [2.45, 2.75) is 89.0 Å². The number of nitrogens with zero attached hydrogens (tertiary/aromatic N) is 2. The molecule has 2 amide bonds. The number of benzene rings is 1. The molecule has 4 aliphatic rings. The molecule has 3 heterocycles. The normalized spacial score (nSPS) is 27.4. The largest absolute Gasteiger partial charge is 0.496 e. The maximum Gasteiger partial charge on any atom is 0.408 e. The van der Waals surface area contributed by atoms with Crippen LogP contribution in [-0.2, 0) is 19.1 Å². The molecule has 5 atom stereocenters. The number of aromatic nitrogens is 1. The highest BCUT2D eigenvalue weighted by atomic mass is 16.6. The molecule has 45 heavy (non-hydrogen) atoms. The second-order valence-corrected chi connectivity index (χ2v) is 12.4. The molecule has 0 unspecified atom stereocenters. The van der Waals surface area contributed by atoms with Gasteiger partial charge in [0.2, 0.25) is 11.8 Å². The Bertz CT molecular complexity index is 1450. The number of alkyl carbamates (subject to hydrolysis) is 1. The van der Waals surface area contributed by atoms with Crippen molar-refractivity contribution in [1.29, 1.82) is 0 Å². The monoisotopic (exact) mass is 621 g/mol. The molecule has 0 radical (unpaired) electrons. The van der Waals surface area contributed by atoms with Gasteiger partial charge < -0.3 is 33.9 Å². The molecule has 1 aromatic heterocycles. The molecular formula is C34H43N3O8. The molecule has 1 N–H and O–H groups in total. The summed E-state index contributed by atoms with van der Waals surface area (Å²) in [7, 11) is 2.94. The molecule has 2 aliphatic carbocycles. The molecule has 11 heteroatoms. The second kappa shape index (κ2) is 13.5. The summed E-state index contributed by atoms with van der Waals surface area (Å²) in [5, 5.41) is 3.70. The van der Waals surface area contributed by atoms with E-state index >= 15 is 0 Å². The number of nitrogens with one attached hydrogen (secondary N) is 1. The summed E-state index contributed by atoms with van der Waals surface area (Å²) in [6.07, 6.45) is 10.0. The number of fused-ring (bicyclic) bond motifs is 4. The van der Waals surface area contributed by atoms with Gasteiger partial charge in [-0.1, -0.05) is 25.0 Å². The highest BCUT2D eigenvalue weighted by Crippen LogP contribution is 2.38. The minimum atomic E-state index is -0.853. The number of hydrogen-bond donors (Lipinski definition) is 1.